The fourth-order valence-electron chi connectivity index (χ4n) is 6.72. The van der Waals surface area contributed by atoms with Crippen molar-refractivity contribution in [3.63, 3.8) is 0 Å². The molecule has 1 fully saturated rings. The molecule has 1 atom stereocenters. The van der Waals surface area contributed by atoms with Crippen molar-refractivity contribution in [2.45, 2.75) is 155 Å². The SMILES string of the molecule is CCCC/C=C\CCCCCCCCOCC(C[N+](C)(C)CCCN1CCN(CCO)CC1)OCCCCCCCC/C=C\CCCC.[Br-]. The summed E-state index contributed by atoms with van der Waals surface area (Å²) in [6.07, 6.45) is 36.8. The van der Waals surface area contributed by atoms with Gasteiger partial charge in [0.05, 0.1) is 33.9 Å². The number of allylic oxidation sites excluding steroid dienone is 4. The number of halogens is 1. The third-order valence-electron chi connectivity index (χ3n) is 9.93. The van der Waals surface area contributed by atoms with Gasteiger partial charge in [-0.25, -0.2) is 0 Å². The first-order chi connectivity index (χ1) is 23.5. The van der Waals surface area contributed by atoms with Crippen LogP contribution in [-0.2, 0) is 9.47 Å². The first-order valence-corrected chi connectivity index (χ1v) is 20.9. The molecule has 292 valence electrons. The second-order valence-electron chi connectivity index (χ2n) is 15.2. The minimum Gasteiger partial charge on any atom is -1.00 e. The van der Waals surface area contributed by atoms with Crippen LogP contribution in [0.1, 0.15) is 149 Å². The van der Waals surface area contributed by atoms with Gasteiger partial charge < -0.3 is 40.9 Å². The Kier molecular flexibility index (Phi) is 35.9. The molecule has 6 nitrogen and oxygen atoms in total. The third kappa shape index (κ3) is 32.1. The van der Waals surface area contributed by atoms with E-state index in [4.69, 9.17) is 9.47 Å². The second kappa shape index (κ2) is 36.1. The molecule has 0 spiro atoms. The van der Waals surface area contributed by atoms with Crippen molar-refractivity contribution in [3.05, 3.63) is 24.3 Å². The minimum absolute atomic E-state index is 0. The van der Waals surface area contributed by atoms with Crippen molar-refractivity contribution in [1.29, 1.82) is 0 Å². The van der Waals surface area contributed by atoms with E-state index in [2.05, 4.69) is 62.0 Å². The molecule has 1 saturated heterocycles. The van der Waals surface area contributed by atoms with Crippen LogP contribution >= 0.6 is 0 Å². The van der Waals surface area contributed by atoms with Crippen molar-refractivity contribution in [2.24, 2.45) is 0 Å². The number of aliphatic hydroxyl groups excluding tert-OH is 1. The molecule has 49 heavy (non-hydrogen) atoms. The highest BCUT2D eigenvalue weighted by molar-refractivity contribution is 4.81. The molecule has 1 heterocycles. The predicted octanol–water partition coefficient (Wildman–Crippen LogP) is 6.42. The van der Waals surface area contributed by atoms with Gasteiger partial charge in [0.15, 0.2) is 0 Å². The Balaban J connectivity index is 0.0000230. The Morgan fingerprint density at radius 1 is 0.592 bits per heavy atom. The van der Waals surface area contributed by atoms with Crippen LogP contribution in [0.5, 0.6) is 0 Å². The van der Waals surface area contributed by atoms with Crippen LogP contribution in [-0.4, -0.2) is 118 Å². The largest absolute Gasteiger partial charge is 1.00 e. The zero-order valence-corrected chi connectivity index (χ0v) is 34.8. The van der Waals surface area contributed by atoms with Gasteiger partial charge in [0.2, 0.25) is 0 Å². The number of nitrogens with zero attached hydrogens (tertiary/aromatic N) is 3. The van der Waals surface area contributed by atoms with Gasteiger partial charge in [0, 0.05) is 58.9 Å². The lowest BCUT2D eigenvalue weighted by atomic mass is 10.1. The second-order valence-corrected chi connectivity index (χ2v) is 15.2. The Bertz CT molecular complexity index is 728. The third-order valence-corrected chi connectivity index (χ3v) is 9.93. The number of hydrogen-bond donors (Lipinski definition) is 1. The van der Waals surface area contributed by atoms with E-state index in [9.17, 15) is 5.11 Å². The van der Waals surface area contributed by atoms with Crippen LogP contribution < -0.4 is 17.0 Å². The van der Waals surface area contributed by atoms with Crippen molar-refractivity contribution >= 4 is 0 Å². The molecule has 0 aromatic carbocycles. The molecule has 1 N–H and O–H groups in total. The summed E-state index contributed by atoms with van der Waals surface area (Å²) in [6, 6.07) is 0. The van der Waals surface area contributed by atoms with Crippen molar-refractivity contribution < 1.29 is 36.0 Å². The van der Waals surface area contributed by atoms with Gasteiger partial charge in [0.1, 0.15) is 12.6 Å². The summed E-state index contributed by atoms with van der Waals surface area (Å²) >= 11 is 0. The first-order valence-electron chi connectivity index (χ1n) is 20.9. The van der Waals surface area contributed by atoms with E-state index in [-0.39, 0.29) is 29.7 Å². The topological polar surface area (TPSA) is 45.2 Å². The van der Waals surface area contributed by atoms with Crippen LogP contribution in [0.25, 0.3) is 0 Å². The number of aliphatic hydroxyl groups is 1. The molecule has 1 rings (SSSR count). The smallest absolute Gasteiger partial charge is 0.130 e. The molecule has 7 heteroatoms. The number of piperazine rings is 1. The molecular weight excluding hydrogens is 674 g/mol. The maximum atomic E-state index is 9.22. The van der Waals surface area contributed by atoms with Gasteiger partial charge in [-0.05, 0) is 51.4 Å². The lowest BCUT2D eigenvalue weighted by Crippen LogP contribution is -3.00. The zero-order valence-electron chi connectivity index (χ0n) is 33.2. The summed E-state index contributed by atoms with van der Waals surface area (Å²) in [5.41, 5.74) is 0. The standard InChI is InChI=1S/C42H84N3O3.BrH/c1-5-7-9-11-13-15-17-19-21-23-25-27-38-47-41-42(48-39-28-26-24-22-20-18-16-14-12-10-8-6-2)40-45(3,4)36-29-30-43-31-33-44(34-32-43)35-37-46;/h11-14,42,46H,5-10,15-41H2,1-4H3;1H/q+1;/p-1/b13-11-,14-12-;. The Labute approximate surface area is 316 Å². The molecule has 1 aliphatic rings. The molecule has 0 aromatic rings. The maximum Gasteiger partial charge on any atom is 0.130 e. The maximum absolute atomic E-state index is 9.22. The van der Waals surface area contributed by atoms with Gasteiger partial charge in [-0.15, -0.1) is 0 Å². The number of hydrogen-bond acceptors (Lipinski definition) is 5. The van der Waals surface area contributed by atoms with Crippen LogP contribution in [0.3, 0.4) is 0 Å². The normalized spacial score (nSPS) is 15.4. The van der Waals surface area contributed by atoms with Crippen LogP contribution in [0.4, 0.5) is 0 Å². The average Bonchev–Trinajstić information content (AvgIpc) is 3.07. The van der Waals surface area contributed by atoms with E-state index in [0.717, 1.165) is 70.0 Å². The number of unbranched alkanes of at least 4 members (excludes halogenated alkanes) is 16. The van der Waals surface area contributed by atoms with E-state index in [1.54, 1.807) is 0 Å². The number of β-amino-alcohol motifs (C(OH)–C–C–N with tert-alkyl or cyclic N) is 1. The molecule has 0 bridgehead atoms. The highest BCUT2D eigenvalue weighted by Crippen LogP contribution is 2.13. The lowest BCUT2D eigenvalue weighted by Gasteiger charge is -2.36. The van der Waals surface area contributed by atoms with Gasteiger partial charge >= 0.3 is 0 Å². The first kappa shape index (κ1) is 48.7. The number of ether oxygens (including phenoxy) is 2. The average molecular weight is 759 g/mol. The van der Waals surface area contributed by atoms with Gasteiger partial charge in [0.25, 0.3) is 0 Å². The van der Waals surface area contributed by atoms with Crippen molar-refractivity contribution in [1.82, 2.24) is 9.80 Å². The highest BCUT2D eigenvalue weighted by Gasteiger charge is 2.24. The molecule has 0 saturated carbocycles. The number of likely N-dealkylation sites (N-methyl/N-ethyl adjacent to an activating group) is 1. The Morgan fingerprint density at radius 3 is 1.55 bits per heavy atom. The van der Waals surface area contributed by atoms with Gasteiger partial charge in [-0.3, -0.25) is 4.90 Å². The lowest BCUT2D eigenvalue weighted by molar-refractivity contribution is -0.893. The molecule has 0 aromatic heterocycles. The molecule has 0 radical (unpaired) electrons. The van der Waals surface area contributed by atoms with Gasteiger partial charge in [-0.1, -0.05) is 115 Å². The Hall–Kier alpha value is -0.280. The zero-order chi connectivity index (χ0) is 34.8. The van der Waals surface area contributed by atoms with Crippen LogP contribution in [0.15, 0.2) is 24.3 Å². The quantitative estimate of drug-likeness (QED) is 0.0460. The predicted molar refractivity (Wildman–Crippen MR) is 209 cm³/mol. The monoisotopic (exact) mass is 758 g/mol. The summed E-state index contributed by atoms with van der Waals surface area (Å²) in [4.78, 5) is 4.97. The van der Waals surface area contributed by atoms with E-state index < -0.39 is 0 Å². The summed E-state index contributed by atoms with van der Waals surface area (Å²) in [6.45, 7) is 15.8. The van der Waals surface area contributed by atoms with Crippen LogP contribution in [0.2, 0.25) is 0 Å². The fourth-order valence-corrected chi connectivity index (χ4v) is 6.72. The highest BCUT2D eigenvalue weighted by atomic mass is 79.9. The minimum atomic E-state index is 0. The molecule has 1 unspecified atom stereocenters. The molecule has 0 aliphatic carbocycles. The van der Waals surface area contributed by atoms with E-state index in [0.29, 0.717) is 0 Å². The Morgan fingerprint density at radius 2 is 1.04 bits per heavy atom. The molecular formula is C42H84BrN3O3. The number of rotatable bonds is 35. The number of quaternary nitrogens is 1. The van der Waals surface area contributed by atoms with Crippen LogP contribution in [0, 0.1) is 0 Å². The van der Waals surface area contributed by atoms with E-state index >= 15 is 0 Å². The summed E-state index contributed by atoms with van der Waals surface area (Å²) in [5.74, 6) is 0. The fraction of sp³-hybridized carbons (Fsp3) is 0.905. The van der Waals surface area contributed by atoms with Gasteiger partial charge in [-0.2, -0.15) is 0 Å². The summed E-state index contributed by atoms with van der Waals surface area (Å²) in [5, 5.41) is 9.22. The van der Waals surface area contributed by atoms with E-state index in [1.807, 2.05) is 0 Å². The summed E-state index contributed by atoms with van der Waals surface area (Å²) in [7, 11) is 4.74. The van der Waals surface area contributed by atoms with Crippen molar-refractivity contribution in [2.75, 3.05) is 92.9 Å². The van der Waals surface area contributed by atoms with E-state index in [1.165, 1.54) is 142 Å². The van der Waals surface area contributed by atoms with Crippen molar-refractivity contribution in [3.8, 4) is 0 Å². The molecule has 0 amide bonds. The molecule has 1 aliphatic heterocycles. The summed E-state index contributed by atoms with van der Waals surface area (Å²) < 4.78 is 13.8.